The van der Waals surface area contributed by atoms with Crippen LogP contribution in [0.15, 0.2) is 48.7 Å². The summed E-state index contributed by atoms with van der Waals surface area (Å²) in [6.45, 7) is 6.43. The molecule has 0 spiro atoms. The quantitative estimate of drug-likeness (QED) is 0.720. The molecule has 0 bridgehead atoms. The zero-order valence-corrected chi connectivity index (χ0v) is 15.8. The minimum atomic E-state index is -0.278. The molecule has 1 aromatic heterocycles. The first-order chi connectivity index (χ1) is 12.7. The molecule has 3 nitrogen and oxygen atoms in total. The van der Waals surface area contributed by atoms with E-state index < -0.39 is 0 Å². The van der Waals surface area contributed by atoms with Crippen molar-refractivity contribution >= 4 is 10.9 Å². The number of piperidine rings is 1. The number of likely N-dealkylation sites (tertiary alicyclic amines) is 1. The molecule has 1 fully saturated rings. The average molecular weight is 348 g/mol. The number of aromatic nitrogens is 1. The number of aryl methyl sites for hydroxylation is 2. The summed E-state index contributed by atoms with van der Waals surface area (Å²) in [4.78, 5) is 5.90. The number of aliphatic hydroxyl groups excluding tert-OH is 1. The Balaban J connectivity index is 1.78. The molecule has 0 unspecified atom stereocenters. The Labute approximate surface area is 155 Å². The number of H-pyrrole nitrogens is 1. The number of nitrogens with zero attached hydrogens (tertiary/aromatic N) is 1. The van der Waals surface area contributed by atoms with E-state index >= 15 is 0 Å². The topological polar surface area (TPSA) is 39.3 Å². The van der Waals surface area contributed by atoms with Gasteiger partial charge in [0.15, 0.2) is 0 Å². The summed E-state index contributed by atoms with van der Waals surface area (Å²) in [6.07, 6.45) is 5.40. The van der Waals surface area contributed by atoms with Gasteiger partial charge in [0.1, 0.15) is 0 Å². The van der Waals surface area contributed by atoms with Crippen molar-refractivity contribution in [2.45, 2.75) is 45.2 Å². The van der Waals surface area contributed by atoms with Gasteiger partial charge in [-0.25, -0.2) is 0 Å². The Bertz CT molecular complexity index is 899. The van der Waals surface area contributed by atoms with Gasteiger partial charge in [0.2, 0.25) is 0 Å². The highest BCUT2D eigenvalue weighted by atomic mass is 16.3. The van der Waals surface area contributed by atoms with Crippen molar-refractivity contribution in [1.82, 2.24) is 9.88 Å². The molecule has 136 valence electrons. The minimum Gasteiger partial charge on any atom is -0.394 e. The second kappa shape index (κ2) is 6.90. The van der Waals surface area contributed by atoms with Crippen LogP contribution >= 0.6 is 0 Å². The van der Waals surface area contributed by atoms with Crippen molar-refractivity contribution in [3.05, 3.63) is 70.9 Å². The maximum absolute atomic E-state index is 10.5. The smallest absolute Gasteiger partial charge is 0.0696 e. The van der Waals surface area contributed by atoms with E-state index in [4.69, 9.17) is 0 Å². The van der Waals surface area contributed by atoms with Crippen LogP contribution in [0.4, 0.5) is 0 Å². The molecule has 0 amide bonds. The van der Waals surface area contributed by atoms with Crippen molar-refractivity contribution in [1.29, 1.82) is 0 Å². The molecule has 3 aromatic rings. The van der Waals surface area contributed by atoms with E-state index in [0.717, 1.165) is 19.5 Å². The number of aliphatic hydroxyl groups is 1. The zero-order chi connectivity index (χ0) is 18.1. The van der Waals surface area contributed by atoms with Gasteiger partial charge in [-0.15, -0.1) is 0 Å². The third-order valence-electron chi connectivity index (χ3n) is 6.17. The Morgan fingerprint density at radius 1 is 1.08 bits per heavy atom. The second-order valence-electron chi connectivity index (χ2n) is 7.69. The highest BCUT2D eigenvalue weighted by molar-refractivity contribution is 5.87. The third-order valence-corrected chi connectivity index (χ3v) is 6.17. The van der Waals surface area contributed by atoms with Crippen LogP contribution in [-0.2, 0) is 12.1 Å². The minimum absolute atomic E-state index is 0.165. The molecule has 1 saturated heterocycles. The maximum Gasteiger partial charge on any atom is 0.0696 e. The Morgan fingerprint density at radius 3 is 2.65 bits per heavy atom. The third kappa shape index (κ3) is 2.76. The maximum atomic E-state index is 10.5. The SMILES string of the molecule is Cc1cc(C)c2[nH]ccc2c1CN1CCCC[C@]1(CO)c1ccccc1. The molecule has 0 aliphatic carbocycles. The van der Waals surface area contributed by atoms with Crippen LogP contribution < -0.4 is 0 Å². The first kappa shape index (κ1) is 17.3. The normalized spacial score (nSPS) is 21.3. The Morgan fingerprint density at radius 2 is 1.88 bits per heavy atom. The highest BCUT2D eigenvalue weighted by Crippen LogP contribution is 2.39. The summed E-state index contributed by atoms with van der Waals surface area (Å²) in [6, 6.07) is 15.0. The van der Waals surface area contributed by atoms with E-state index in [1.807, 2.05) is 6.20 Å². The number of hydrogen-bond acceptors (Lipinski definition) is 2. The summed E-state index contributed by atoms with van der Waals surface area (Å²) < 4.78 is 0. The zero-order valence-electron chi connectivity index (χ0n) is 15.8. The molecule has 0 radical (unpaired) electrons. The number of rotatable bonds is 4. The predicted molar refractivity (Wildman–Crippen MR) is 107 cm³/mol. The summed E-state index contributed by atoms with van der Waals surface area (Å²) in [5, 5.41) is 11.8. The van der Waals surface area contributed by atoms with Crippen molar-refractivity contribution in [2.24, 2.45) is 0 Å². The van der Waals surface area contributed by atoms with Gasteiger partial charge in [-0.2, -0.15) is 0 Å². The fraction of sp³-hybridized carbons (Fsp3) is 0.391. The molecule has 1 aliphatic rings. The van der Waals surface area contributed by atoms with Gasteiger partial charge in [-0.1, -0.05) is 36.4 Å². The van der Waals surface area contributed by atoms with Crippen LogP contribution in [-0.4, -0.2) is 28.1 Å². The van der Waals surface area contributed by atoms with Crippen LogP contribution in [0.5, 0.6) is 0 Å². The van der Waals surface area contributed by atoms with Crippen molar-refractivity contribution in [2.75, 3.05) is 13.2 Å². The van der Waals surface area contributed by atoms with Gasteiger partial charge in [0.25, 0.3) is 0 Å². The van der Waals surface area contributed by atoms with Gasteiger partial charge < -0.3 is 10.1 Å². The molecule has 3 heteroatoms. The molecule has 2 N–H and O–H groups in total. The predicted octanol–water partition coefficient (Wildman–Crippen LogP) is 4.66. The molecule has 26 heavy (non-hydrogen) atoms. The molecular formula is C23H28N2O. The standard InChI is InChI=1S/C23H28N2O/c1-17-14-18(2)22-20(10-12-24-22)21(17)15-25-13-7-6-11-23(25,16-26)19-8-4-3-5-9-19/h3-5,8-10,12,14,24,26H,6-7,11,13,15-16H2,1-2H3/t23-/m0/s1. The lowest BCUT2D eigenvalue weighted by molar-refractivity contribution is -0.0112. The largest absolute Gasteiger partial charge is 0.394 e. The molecule has 0 saturated carbocycles. The molecule has 1 aliphatic heterocycles. The molecule has 1 atom stereocenters. The fourth-order valence-electron chi connectivity index (χ4n) is 4.71. The van der Waals surface area contributed by atoms with Crippen molar-refractivity contribution in [3.63, 3.8) is 0 Å². The van der Waals surface area contributed by atoms with Gasteiger partial charge in [0.05, 0.1) is 12.1 Å². The van der Waals surface area contributed by atoms with E-state index in [-0.39, 0.29) is 12.1 Å². The van der Waals surface area contributed by atoms with Gasteiger partial charge in [-0.05, 0) is 68.0 Å². The number of aromatic amines is 1. The average Bonchev–Trinajstić information content (AvgIpc) is 3.16. The van der Waals surface area contributed by atoms with E-state index in [0.29, 0.717) is 0 Å². The monoisotopic (exact) mass is 348 g/mol. The lowest BCUT2D eigenvalue weighted by Gasteiger charge is -2.47. The Kier molecular flexibility index (Phi) is 4.60. The second-order valence-corrected chi connectivity index (χ2v) is 7.69. The van der Waals surface area contributed by atoms with Crippen LogP contribution in [0, 0.1) is 13.8 Å². The van der Waals surface area contributed by atoms with Crippen molar-refractivity contribution in [3.8, 4) is 0 Å². The van der Waals surface area contributed by atoms with Gasteiger partial charge in [-0.3, -0.25) is 4.90 Å². The number of hydrogen-bond donors (Lipinski definition) is 2. The fourth-order valence-corrected chi connectivity index (χ4v) is 4.71. The highest BCUT2D eigenvalue weighted by Gasteiger charge is 2.40. The first-order valence-electron chi connectivity index (χ1n) is 9.63. The van der Waals surface area contributed by atoms with E-state index in [2.05, 4.69) is 66.2 Å². The lowest BCUT2D eigenvalue weighted by Crippen LogP contribution is -2.51. The Hall–Kier alpha value is -2.10. The van der Waals surface area contributed by atoms with Crippen LogP contribution in [0.3, 0.4) is 0 Å². The number of nitrogens with one attached hydrogen (secondary N) is 1. The number of benzene rings is 2. The van der Waals surface area contributed by atoms with Crippen LogP contribution in [0.25, 0.3) is 10.9 Å². The summed E-state index contributed by atoms with van der Waals surface area (Å²) in [5.74, 6) is 0. The molecule has 4 rings (SSSR count). The summed E-state index contributed by atoms with van der Waals surface area (Å²) >= 11 is 0. The van der Waals surface area contributed by atoms with E-state index in [1.165, 1.54) is 46.0 Å². The van der Waals surface area contributed by atoms with E-state index in [9.17, 15) is 5.11 Å². The molecular weight excluding hydrogens is 320 g/mol. The molecule has 2 heterocycles. The lowest BCUT2D eigenvalue weighted by atomic mass is 9.80. The van der Waals surface area contributed by atoms with Crippen LogP contribution in [0.2, 0.25) is 0 Å². The summed E-state index contributed by atoms with van der Waals surface area (Å²) in [5.41, 5.74) is 6.19. The number of fused-ring (bicyclic) bond motifs is 1. The van der Waals surface area contributed by atoms with Crippen molar-refractivity contribution < 1.29 is 5.11 Å². The van der Waals surface area contributed by atoms with Gasteiger partial charge >= 0.3 is 0 Å². The molecule has 2 aromatic carbocycles. The van der Waals surface area contributed by atoms with E-state index in [1.54, 1.807) is 0 Å². The van der Waals surface area contributed by atoms with Gasteiger partial charge in [0, 0.05) is 23.6 Å². The summed E-state index contributed by atoms with van der Waals surface area (Å²) in [7, 11) is 0. The van der Waals surface area contributed by atoms with Crippen LogP contribution in [0.1, 0.15) is 41.5 Å². The first-order valence-corrected chi connectivity index (χ1v) is 9.63.